The summed E-state index contributed by atoms with van der Waals surface area (Å²) in [5.41, 5.74) is 0. The predicted octanol–water partition coefficient (Wildman–Crippen LogP) is 3.27. The minimum Gasteiger partial charge on any atom is -0.378 e. The summed E-state index contributed by atoms with van der Waals surface area (Å²) in [6, 6.07) is 0.659. The van der Waals surface area contributed by atoms with Gasteiger partial charge >= 0.3 is 0 Å². The molecule has 2 aliphatic rings. The molecule has 3 atom stereocenters. The number of rotatable bonds is 8. The van der Waals surface area contributed by atoms with E-state index in [1.807, 2.05) is 0 Å². The van der Waals surface area contributed by atoms with Gasteiger partial charge in [-0.05, 0) is 71.3 Å². The quantitative estimate of drug-likeness (QED) is 0.733. The fourth-order valence-corrected chi connectivity index (χ4v) is 3.32. The smallest absolute Gasteiger partial charge is 0.0576 e. The lowest BCUT2D eigenvalue weighted by molar-refractivity contribution is 0.00844. The minimum absolute atomic E-state index is 0.530. The summed E-state index contributed by atoms with van der Waals surface area (Å²) >= 11 is 0. The van der Waals surface area contributed by atoms with Gasteiger partial charge in [0.25, 0.3) is 0 Å². The van der Waals surface area contributed by atoms with Crippen molar-refractivity contribution in [1.82, 2.24) is 5.32 Å². The molecule has 0 bridgehead atoms. The fourth-order valence-electron chi connectivity index (χ4n) is 3.32. The molecule has 3 unspecified atom stereocenters. The Kier molecular flexibility index (Phi) is 7.18. The molecule has 112 valence electrons. The zero-order valence-electron chi connectivity index (χ0n) is 12.5. The van der Waals surface area contributed by atoms with Gasteiger partial charge in [-0.25, -0.2) is 0 Å². The number of nitrogens with one attached hydrogen (secondary N) is 1. The average molecular weight is 269 g/mol. The summed E-state index contributed by atoms with van der Waals surface area (Å²) in [5.74, 6) is 0. The van der Waals surface area contributed by atoms with Crippen molar-refractivity contribution in [1.29, 1.82) is 0 Å². The van der Waals surface area contributed by atoms with Crippen LogP contribution in [0.1, 0.15) is 64.2 Å². The standard InChI is InChI=1S/C16H31NO2/c1-17-14(6-4-8-15-9-5-13-19-15)10-11-16-7-2-3-12-18-16/h14-17H,2-13H2,1H3. The third-order valence-corrected chi connectivity index (χ3v) is 4.62. The summed E-state index contributed by atoms with van der Waals surface area (Å²) in [6.07, 6.45) is 13.8. The van der Waals surface area contributed by atoms with Crippen molar-refractivity contribution < 1.29 is 9.47 Å². The van der Waals surface area contributed by atoms with E-state index in [2.05, 4.69) is 12.4 Å². The molecule has 19 heavy (non-hydrogen) atoms. The summed E-state index contributed by atoms with van der Waals surface area (Å²) < 4.78 is 11.5. The lowest BCUT2D eigenvalue weighted by Crippen LogP contribution is -2.28. The second kappa shape index (κ2) is 8.93. The molecule has 1 N–H and O–H groups in total. The van der Waals surface area contributed by atoms with Crippen LogP contribution in [0.15, 0.2) is 0 Å². The highest BCUT2D eigenvalue weighted by Gasteiger charge is 2.18. The van der Waals surface area contributed by atoms with E-state index < -0.39 is 0 Å². The first-order valence-corrected chi connectivity index (χ1v) is 8.29. The van der Waals surface area contributed by atoms with Gasteiger partial charge in [-0.15, -0.1) is 0 Å². The highest BCUT2D eigenvalue weighted by molar-refractivity contribution is 4.72. The molecule has 3 heteroatoms. The molecule has 0 aliphatic carbocycles. The highest BCUT2D eigenvalue weighted by atomic mass is 16.5. The number of hydrogen-bond donors (Lipinski definition) is 1. The van der Waals surface area contributed by atoms with Crippen LogP contribution in [0.4, 0.5) is 0 Å². The first-order valence-electron chi connectivity index (χ1n) is 8.29. The molecule has 0 radical (unpaired) electrons. The molecule has 0 aromatic heterocycles. The van der Waals surface area contributed by atoms with Gasteiger partial charge in [0.15, 0.2) is 0 Å². The number of hydrogen-bond acceptors (Lipinski definition) is 3. The molecule has 0 spiro atoms. The van der Waals surface area contributed by atoms with Crippen LogP contribution >= 0.6 is 0 Å². The van der Waals surface area contributed by atoms with Gasteiger partial charge in [0, 0.05) is 19.3 Å². The van der Waals surface area contributed by atoms with Gasteiger partial charge in [-0.2, -0.15) is 0 Å². The maximum atomic E-state index is 5.81. The third-order valence-electron chi connectivity index (χ3n) is 4.62. The molecule has 2 rings (SSSR count). The van der Waals surface area contributed by atoms with Gasteiger partial charge < -0.3 is 14.8 Å². The molecule has 2 fully saturated rings. The van der Waals surface area contributed by atoms with Crippen molar-refractivity contribution in [2.75, 3.05) is 20.3 Å². The predicted molar refractivity (Wildman–Crippen MR) is 78.5 cm³/mol. The maximum Gasteiger partial charge on any atom is 0.0576 e. The van der Waals surface area contributed by atoms with E-state index >= 15 is 0 Å². The monoisotopic (exact) mass is 269 g/mol. The van der Waals surface area contributed by atoms with Gasteiger partial charge in [0.2, 0.25) is 0 Å². The molecule has 2 aliphatic heterocycles. The highest BCUT2D eigenvalue weighted by Crippen LogP contribution is 2.21. The molecule has 0 aromatic carbocycles. The van der Waals surface area contributed by atoms with Crippen LogP contribution in [0.25, 0.3) is 0 Å². The van der Waals surface area contributed by atoms with Crippen molar-refractivity contribution in [2.24, 2.45) is 0 Å². The normalized spacial score (nSPS) is 29.5. The van der Waals surface area contributed by atoms with Gasteiger partial charge in [0.1, 0.15) is 0 Å². The van der Waals surface area contributed by atoms with E-state index in [4.69, 9.17) is 9.47 Å². The Balaban J connectivity index is 1.54. The van der Waals surface area contributed by atoms with Crippen molar-refractivity contribution >= 4 is 0 Å². The van der Waals surface area contributed by atoms with Gasteiger partial charge in [-0.3, -0.25) is 0 Å². The van der Waals surface area contributed by atoms with Crippen molar-refractivity contribution in [3.63, 3.8) is 0 Å². The SMILES string of the molecule is CNC(CCCC1CCCO1)CCC1CCCCO1. The Hall–Kier alpha value is -0.120. The van der Waals surface area contributed by atoms with E-state index in [0.717, 1.165) is 13.2 Å². The van der Waals surface area contributed by atoms with Gasteiger partial charge in [-0.1, -0.05) is 0 Å². The van der Waals surface area contributed by atoms with Crippen LogP contribution in [0.5, 0.6) is 0 Å². The summed E-state index contributed by atoms with van der Waals surface area (Å²) in [7, 11) is 2.10. The first kappa shape index (κ1) is 15.3. The zero-order chi connectivity index (χ0) is 13.3. The minimum atomic E-state index is 0.530. The van der Waals surface area contributed by atoms with E-state index in [1.54, 1.807) is 0 Å². The molecule has 0 aromatic rings. The lowest BCUT2D eigenvalue weighted by atomic mass is 9.98. The Morgan fingerprint density at radius 2 is 1.68 bits per heavy atom. The fraction of sp³-hybridized carbons (Fsp3) is 1.00. The largest absolute Gasteiger partial charge is 0.378 e. The van der Waals surface area contributed by atoms with Crippen LogP contribution in [-0.2, 0) is 9.47 Å². The molecule has 2 saturated heterocycles. The third kappa shape index (κ3) is 5.80. The Labute approximate surface area is 118 Å². The average Bonchev–Trinajstić information content (AvgIpc) is 2.97. The van der Waals surface area contributed by atoms with Crippen molar-refractivity contribution in [3.05, 3.63) is 0 Å². The first-order chi connectivity index (χ1) is 9.38. The van der Waals surface area contributed by atoms with Gasteiger partial charge in [0.05, 0.1) is 12.2 Å². The Bertz CT molecular complexity index is 223. The van der Waals surface area contributed by atoms with Crippen LogP contribution in [-0.4, -0.2) is 38.5 Å². The van der Waals surface area contributed by atoms with E-state index in [9.17, 15) is 0 Å². The zero-order valence-corrected chi connectivity index (χ0v) is 12.5. The Morgan fingerprint density at radius 1 is 0.947 bits per heavy atom. The molecular formula is C16H31NO2. The molecular weight excluding hydrogens is 238 g/mol. The van der Waals surface area contributed by atoms with Crippen LogP contribution in [0.2, 0.25) is 0 Å². The second-order valence-electron chi connectivity index (χ2n) is 6.12. The van der Waals surface area contributed by atoms with Crippen molar-refractivity contribution in [2.45, 2.75) is 82.5 Å². The molecule has 0 saturated carbocycles. The van der Waals surface area contributed by atoms with Crippen LogP contribution in [0, 0.1) is 0 Å². The van der Waals surface area contributed by atoms with E-state index in [-0.39, 0.29) is 0 Å². The maximum absolute atomic E-state index is 5.81. The van der Waals surface area contributed by atoms with Crippen LogP contribution in [0.3, 0.4) is 0 Å². The van der Waals surface area contributed by atoms with Crippen LogP contribution < -0.4 is 5.32 Å². The number of ether oxygens (including phenoxy) is 2. The summed E-state index contributed by atoms with van der Waals surface area (Å²) in [5, 5.41) is 3.47. The molecule has 3 nitrogen and oxygen atoms in total. The van der Waals surface area contributed by atoms with E-state index in [0.29, 0.717) is 18.2 Å². The second-order valence-corrected chi connectivity index (χ2v) is 6.12. The molecule has 2 heterocycles. The Morgan fingerprint density at radius 3 is 2.32 bits per heavy atom. The lowest BCUT2D eigenvalue weighted by Gasteiger charge is -2.25. The molecule has 0 amide bonds. The van der Waals surface area contributed by atoms with Crippen molar-refractivity contribution in [3.8, 4) is 0 Å². The topological polar surface area (TPSA) is 30.5 Å². The van der Waals surface area contributed by atoms with E-state index in [1.165, 1.54) is 64.2 Å². The summed E-state index contributed by atoms with van der Waals surface area (Å²) in [6.45, 7) is 1.97. The summed E-state index contributed by atoms with van der Waals surface area (Å²) in [4.78, 5) is 0.